The molecular formula is C16H16N2OS. The summed E-state index contributed by atoms with van der Waals surface area (Å²) in [6.45, 7) is 1.37. The summed E-state index contributed by atoms with van der Waals surface area (Å²) in [6.07, 6.45) is 0. The number of amides is 1. The summed E-state index contributed by atoms with van der Waals surface area (Å²) in [5.41, 5.74) is 8.92. The Hall–Kier alpha value is -1.94. The van der Waals surface area contributed by atoms with Gasteiger partial charge in [0, 0.05) is 23.7 Å². The van der Waals surface area contributed by atoms with Gasteiger partial charge in [-0.2, -0.15) is 0 Å². The number of nitrogens with two attached hydrogens (primary N) is 1. The van der Waals surface area contributed by atoms with E-state index in [4.69, 9.17) is 5.73 Å². The average molecular weight is 284 g/mol. The first-order valence-electron chi connectivity index (χ1n) is 6.55. The van der Waals surface area contributed by atoms with Crippen LogP contribution in [0.1, 0.15) is 11.1 Å². The number of hydrogen-bond acceptors (Lipinski definition) is 3. The van der Waals surface area contributed by atoms with Crippen LogP contribution in [0.25, 0.3) is 0 Å². The van der Waals surface area contributed by atoms with Gasteiger partial charge in [0.05, 0.1) is 5.75 Å². The van der Waals surface area contributed by atoms with Gasteiger partial charge in [-0.1, -0.05) is 24.3 Å². The number of hydrogen-bond donors (Lipinski definition) is 1. The lowest BCUT2D eigenvalue weighted by Crippen LogP contribution is -2.26. The van der Waals surface area contributed by atoms with Gasteiger partial charge >= 0.3 is 0 Å². The van der Waals surface area contributed by atoms with Gasteiger partial charge in [0.1, 0.15) is 0 Å². The Labute approximate surface area is 122 Å². The van der Waals surface area contributed by atoms with Crippen molar-refractivity contribution in [2.24, 2.45) is 0 Å². The van der Waals surface area contributed by atoms with E-state index >= 15 is 0 Å². The molecule has 20 heavy (non-hydrogen) atoms. The van der Waals surface area contributed by atoms with Crippen molar-refractivity contribution in [2.45, 2.75) is 18.0 Å². The van der Waals surface area contributed by atoms with Crippen molar-refractivity contribution in [2.75, 3.05) is 11.5 Å². The Balaban J connectivity index is 1.60. The van der Waals surface area contributed by atoms with E-state index in [0.29, 0.717) is 18.8 Å². The minimum Gasteiger partial charge on any atom is -0.399 e. The van der Waals surface area contributed by atoms with E-state index in [0.717, 1.165) is 10.6 Å². The molecule has 0 radical (unpaired) electrons. The maximum Gasteiger partial charge on any atom is 0.233 e. The van der Waals surface area contributed by atoms with Crippen molar-refractivity contribution in [1.82, 2.24) is 4.90 Å². The first kappa shape index (κ1) is 13.1. The molecule has 0 aromatic heterocycles. The number of nitrogen functional groups attached to an aromatic ring is 1. The minimum absolute atomic E-state index is 0.175. The molecule has 0 spiro atoms. The summed E-state index contributed by atoms with van der Waals surface area (Å²) < 4.78 is 0. The van der Waals surface area contributed by atoms with Crippen LogP contribution in [0.2, 0.25) is 0 Å². The highest BCUT2D eigenvalue weighted by atomic mass is 32.2. The molecular weight excluding hydrogens is 268 g/mol. The van der Waals surface area contributed by atoms with Crippen molar-refractivity contribution in [3.8, 4) is 0 Å². The third-order valence-corrected chi connectivity index (χ3v) is 4.41. The van der Waals surface area contributed by atoms with Crippen molar-refractivity contribution in [3.63, 3.8) is 0 Å². The Kier molecular flexibility index (Phi) is 3.65. The van der Waals surface area contributed by atoms with Crippen LogP contribution in [0, 0.1) is 0 Å². The van der Waals surface area contributed by atoms with Gasteiger partial charge in [0.25, 0.3) is 0 Å². The van der Waals surface area contributed by atoms with Crippen LogP contribution in [0.4, 0.5) is 5.69 Å². The van der Waals surface area contributed by atoms with Gasteiger partial charge in [-0.15, -0.1) is 11.8 Å². The summed E-state index contributed by atoms with van der Waals surface area (Å²) in [5.74, 6) is 0.654. The Morgan fingerprint density at radius 2 is 1.85 bits per heavy atom. The molecule has 3 rings (SSSR count). The van der Waals surface area contributed by atoms with Crippen LogP contribution in [0.5, 0.6) is 0 Å². The van der Waals surface area contributed by atoms with Crippen molar-refractivity contribution < 1.29 is 4.79 Å². The van der Waals surface area contributed by atoms with Gasteiger partial charge in [-0.05, 0) is 35.4 Å². The Morgan fingerprint density at radius 3 is 2.65 bits per heavy atom. The summed E-state index contributed by atoms with van der Waals surface area (Å²) in [7, 11) is 0. The van der Waals surface area contributed by atoms with Crippen LogP contribution in [-0.4, -0.2) is 16.6 Å². The fraction of sp³-hybridized carbons (Fsp3) is 0.188. The molecule has 2 aromatic rings. The first-order chi connectivity index (χ1) is 9.72. The molecule has 1 aliphatic heterocycles. The molecule has 0 unspecified atom stereocenters. The van der Waals surface area contributed by atoms with E-state index in [-0.39, 0.29) is 5.91 Å². The summed E-state index contributed by atoms with van der Waals surface area (Å²) >= 11 is 1.58. The molecule has 0 atom stereocenters. The highest BCUT2D eigenvalue weighted by molar-refractivity contribution is 8.00. The zero-order valence-corrected chi connectivity index (χ0v) is 11.9. The maximum atomic E-state index is 12.2. The van der Waals surface area contributed by atoms with E-state index in [1.165, 1.54) is 11.1 Å². The largest absolute Gasteiger partial charge is 0.399 e. The Morgan fingerprint density at radius 1 is 1.10 bits per heavy atom. The van der Waals surface area contributed by atoms with Gasteiger partial charge in [-0.3, -0.25) is 4.79 Å². The van der Waals surface area contributed by atoms with Crippen molar-refractivity contribution >= 4 is 23.4 Å². The van der Waals surface area contributed by atoms with E-state index in [1.807, 2.05) is 53.4 Å². The van der Waals surface area contributed by atoms with Gasteiger partial charge < -0.3 is 10.6 Å². The second-order valence-electron chi connectivity index (χ2n) is 4.88. The van der Waals surface area contributed by atoms with Crippen molar-refractivity contribution in [1.29, 1.82) is 0 Å². The molecule has 0 aliphatic carbocycles. The van der Waals surface area contributed by atoms with Crippen LogP contribution in [0.15, 0.2) is 53.4 Å². The molecule has 2 N–H and O–H groups in total. The number of carbonyl (C=O) groups is 1. The lowest BCUT2D eigenvalue weighted by molar-refractivity contribution is -0.128. The third kappa shape index (κ3) is 2.80. The number of nitrogens with zero attached hydrogens (tertiary/aromatic N) is 1. The van der Waals surface area contributed by atoms with Gasteiger partial charge in [-0.25, -0.2) is 0 Å². The number of fused-ring (bicyclic) bond motifs is 1. The highest BCUT2D eigenvalue weighted by Gasteiger charge is 2.23. The van der Waals surface area contributed by atoms with Gasteiger partial charge in [0.15, 0.2) is 0 Å². The fourth-order valence-electron chi connectivity index (χ4n) is 2.34. The van der Waals surface area contributed by atoms with E-state index in [1.54, 1.807) is 11.8 Å². The second kappa shape index (κ2) is 5.59. The van der Waals surface area contributed by atoms with Crippen LogP contribution in [-0.2, 0) is 17.9 Å². The monoisotopic (exact) mass is 284 g/mol. The molecule has 0 fully saturated rings. The molecule has 0 saturated carbocycles. The van der Waals surface area contributed by atoms with Crippen LogP contribution >= 0.6 is 11.8 Å². The number of rotatable bonds is 3. The Bertz CT molecular complexity index is 628. The SMILES string of the molecule is Nc1ccc2c(c1)CN(C(=O)CSc1ccccc1)C2. The predicted molar refractivity (Wildman–Crippen MR) is 82.3 cm³/mol. The molecule has 2 aromatic carbocycles. The second-order valence-corrected chi connectivity index (χ2v) is 5.93. The number of benzene rings is 2. The summed E-state index contributed by atoms with van der Waals surface area (Å²) in [6, 6.07) is 15.9. The third-order valence-electron chi connectivity index (χ3n) is 3.41. The highest BCUT2D eigenvalue weighted by Crippen LogP contribution is 2.26. The fourth-order valence-corrected chi connectivity index (χ4v) is 3.17. The molecule has 1 heterocycles. The average Bonchev–Trinajstić information content (AvgIpc) is 2.89. The standard InChI is InChI=1S/C16H16N2OS/c17-14-7-6-12-9-18(10-13(12)8-14)16(19)11-20-15-4-2-1-3-5-15/h1-8H,9-11,17H2. The molecule has 4 heteroatoms. The zero-order chi connectivity index (χ0) is 13.9. The zero-order valence-electron chi connectivity index (χ0n) is 11.1. The van der Waals surface area contributed by atoms with Crippen molar-refractivity contribution in [3.05, 3.63) is 59.7 Å². The quantitative estimate of drug-likeness (QED) is 0.696. The first-order valence-corrected chi connectivity index (χ1v) is 7.54. The lowest BCUT2D eigenvalue weighted by Gasteiger charge is -2.14. The molecule has 0 saturated heterocycles. The molecule has 0 bridgehead atoms. The van der Waals surface area contributed by atoms with E-state index < -0.39 is 0 Å². The van der Waals surface area contributed by atoms with Crippen LogP contribution < -0.4 is 5.73 Å². The predicted octanol–water partition coefficient (Wildman–Crippen LogP) is 2.90. The number of thioether (sulfide) groups is 1. The number of carbonyl (C=O) groups excluding carboxylic acids is 1. The molecule has 1 amide bonds. The van der Waals surface area contributed by atoms with E-state index in [9.17, 15) is 4.79 Å². The minimum atomic E-state index is 0.175. The smallest absolute Gasteiger partial charge is 0.233 e. The molecule has 102 valence electrons. The summed E-state index contributed by atoms with van der Waals surface area (Å²) in [5, 5.41) is 0. The lowest BCUT2D eigenvalue weighted by atomic mass is 10.1. The normalized spacial score (nSPS) is 13.3. The van der Waals surface area contributed by atoms with E-state index in [2.05, 4.69) is 0 Å². The van der Waals surface area contributed by atoms with Gasteiger partial charge in [0.2, 0.25) is 5.91 Å². The topological polar surface area (TPSA) is 46.3 Å². The molecule has 1 aliphatic rings. The van der Waals surface area contributed by atoms with Crippen LogP contribution in [0.3, 0.4) is 0 Å². The number of anilines is 1. The maximum absolute atomic E-state index is 12.2. The summed E-state index contributed by atoms with van der Waals surface area (Å²) in [4.78, 5) is 15.3. The molecule has 3 nitrogen and oxygen atoms in total.